The van der Waals surface area contributed by atoms with E-state index < -0.39 is 16.7 Å². The van der Waals surface area contributed by atoms with Crippen LogP contribution in [-0.4, -0.2) is 58.8 Å². The van der Waals surface area contributed by atoms with Crippen molar-refractivity contribution in [3.63, 3.8) is 0 Å². The molecule has 2 fully saturated rings. The summed E-state index contributed by atoms with van der Waals surface area (Å²) in [6.45, 7) is 3.50. The van der Waals surface area contributed by atoms with Crippen molar-refractivity contribution in [2.45, 2.75) is 38.1 Å². The number of nitrogens with zero attached hydrogens (tertiary/aromatic N) is 3. The number of rotatable bonds is 5. The van der Waals surface area contributed by atoms with Crippen molar-refractivity contribution >= 4 is 34.4 Å². The van der Waals surface area contributed by atoms with E-state index >= 15 is 0 Å². The molecule has 0 radical (unpaired) electrons. The quantitative estimate of drug-likeness (QED) is 0.440. The summed E-state index contributed by atoms with van der Waals surface area (Å²) >= 11 is 0. The fourth-order valence-corrected chi connectivity index (χ4v) is 4.90. The average Bonchev–Trinajstić information content (AvgIpc) is 3.50. The Morgan fingerprint density at radius 1 is 0.971 bits per heavy atom. The second kappa shape index (κ2) is 9.30. The summed E-state index contributed by atoms with van der Waals surface area (Å²) in [6.07, 6.45) is 5.58. The molecule has 0 unspecified atom stereocenters. The molecule has 2 amide bonds. The number of nitro groups is 1. The summed E-state index contributed by atoms with van der Waals surface area (Å²) in [5.41, 5.74) is 0.706. The number of furan rings is 2. The summed E-state index contributed by atoms with van der Waals surface area (Å²) in [5.74, 6) is -1.69. The van der Waals surface area contributed by atoms with Gasteiger partial charge in [0.25, 0.3) is 11.8 Å². The van der Waals surface area contributed by atoms with Crippen LogP contribution in [0.25, 0.3) is 11.0 Å². The molecule has 0 saturated carbocycles. The van der Waals surface area contributed by atoms with Crippen LogP contribution in [0.3, 0.4) is 0 Å². The summed E-state index contributed by atoms with van der Waals surface area (Å²) < 4.78 is 10.9. The van der Waals surface area contributed by atoms with Crippen molar-refractivity contribution in [3.05, 3.63) is 58.0 Å². The number of anilines is 1. The number of likely N-dealkylation sites (tertiary alicyclic amines) is 2. The van der Waals surface area contributed by atoms with Gasteiger partial charge >= 0.3 is 5.88 Å². The molecule has 4 heterocycles. The third kappa shape index (κ3) is 4.28. The normalized spacial score (nSPS) is 17.7. The minimum absolute atomic E-state index is 0.0482. The van der Waals surface area contributed by atoms with Gasteiger partial charge in [-0.3, -0.25) is 19.7 Å². The molecule has 10 heteroatoms. The van der Waals surface area contributed by atoms with Crippen molar-refractivity contribution < 1.29 is 23.3 Å². The first-order chi connectivity index (χ1) is 16.5. The Morgan fingerprint density at radius 3 is 2.41 bits per heavy atom. The highest BCUT2D eigenvalue weighted by Gasteiger charge is 2.32. The maximum Gasteiger partial charge on any atom is 0.433 e. The van der Waals surface area contributed by atoms with Crippen molar-refractivity contribution in [1.82, 2.24) is 9.80 Å². The van der Waals surface area contributed by atoms with Crippen LogP contribution in [0.5, 0.6) is 0 Å². The maximum atomic E-state index is 13.4. The molecule has 5 rings (SSSR count). The van der Waals surface area contributed by atoms with Gasteiger partial charge in [0.05, 0.1) is 6.07 Å². The number of fused-ring (bicyclic) bond motifs is 1. The minimum atomic E-state index is -0.716. The summed E-state index contributed by atoms with van der Waals surface area (Å²) in [7, 11) is 0. The molecule has 1 N–H and O–H groups in total. The van der Waals surface area contributed by atoms with Crippen LogP contribution in [0.1, 0.15) is 53.2 Å². The number of piperidine rings is 2. The third-order valence-corrected chi connectivity index (χ3v) is 6.68. The fraction of sp³-hybridized carbons (Fsp3) is 0.417. The molecule has 0 spiro atoms. The number of carbonyl (C=O) groups excluding carboxylic acids is 2. The van der Waals surface area contributed by atoms with Gasteiger partial charge in [0, 0.05) is 24.5 Å². The highest BCUT2D eigenvalue weighted by molar-refractivity contribution is 6.13. The molecule has 10 nitrogen and oxygen atoms in total. The Balaban J connectivity index is 1.35. The number of nitrogens with one attached hydrogen (secondary N) is 1. The lowest BCUT2D eigenvalue weighted by atomic mass is 9.99. The second-order valence-electron chi connectivity index (χ2n) is 8.77. The first kappa shape index (κ1) is 22.1. The highest BCUT2D eigenvalue weighted by atomic mass is 16.6. The smallest absolute Gasteiger partial charge is 0.433 e. The molecule has 2 aromatic heterocycles. The topological polar surface area (TPSA) is 122 Å². The largest absolute Gasteiger partial charge is 0.449 e. The highest BCUT2D eigenvalue weighted by Crippen LogP contribution is 2.33. The SMILES string of the molecule is O=C(Nc1c(C(=O)N2CCC(N3CCCCC3)CC2)oc2ccccc12)c1ccc([N+](=O)[O-])o1. The van der Waals surface area contributed by atoms with Crippen LogP contribution in [-0.2, 0) is 0 Å². The first-order valence-corrected chi connectivity index (χ1v) is 11.6. The zero-order valence-electron chi connectivity index (χ0n) is 18.7. The van der Waals surface area contributed by atoms with Gasteiger partial charge in [-0.25, -0.2) is 0 Å². The van der Waals surface area contributed by atoms with Crippen LogP contribution in [0.2, 0.25) is 0 Å². The van der Waals surface area contributed by atoms with E-state index in [2.05, 4.69) is 10.2 Å². The van der Waals surface area contributed by atoms with Gasteiger partial charge in [-0.15, -0.1) is 0 Å². The van der Waals surface area contributed by atoms with Crippen molar-refractivity contribution in [2.75, 3.05) is 31.5 Å². The predicted molar refractivity (Wildman–Crippen MR) is 124 cm³/mol. The zero-order valence-corrected chi connectivity index (χ0v) is 18.7. The summed E-state index contributed by atoms with van der Waals surface area (Å²) in [5, 5.41) is 14.1. The van der Waals surface area contributed by atoms with E-state index in [0.717, 1.165) is 32.0 Å². The average molecular weight is 466 g/mol. The lowest BCUT2D eigenvalue weighted by Gasteiger charge is -2.40. The number of hydrogen-bond donors (Lipinski definition) is 1. The number of amides is 2. The number of benzene rings is 1. The molecule has 2 saturated heterocycles. The van der Waals surface area contributed by atoms with Crippen molar-refractivity contribution in [1.29, 1.82) is 0 Å². The predicted octanol–water partition coefficient (Wildman–Crippen LogP) is 4.28. The molecule has 2 aliphatic heterocycles. The van der Waals surface area contributed by atoms with Gasteiger partial charge in [0.15, 0.2) is 5.76 Å². The molecule has 34 heavy (non-hydrogen) atoms. The summed E-state index contributed by atoms with van der Waals surface area (Å²) in [6, 6.07) is 9.87. The fourth-order valence-electron chi connectivity index (χ4n) is 4.90. The second-order valence-corrected chi connectivity index (χ2v) is 8.77. The van der Waals surface area contributed by atoms with Crippen LogP contribution in [0.15, 0.2) is 45.2 Å². The Kier molecular flexibility index (Phi) is 6.06. The molecule has 1 aromatic carbocycles. The molecule has 3 aromatic rings. The van der Waals surface area contributed by atoms with E-state index in [1.54, 1.807) is 29.2 Å². The lowest BCUT2D eigenvalue weighted by Crippen LogP contribution is -2.48. The Bertz CT molecular complexity index is 1220. The van der Waals surface area contributed by atoms with Gasteiger partial charge in [-0.2, -0.15) is 0 Å². The molecular weight excluding hydrogens is 440 g/mol. The van der Waals surface area contributed by atoms with Gasteiger partial charge in [-0.05, 0) is 57.0 Å². The van der Waals surface area contributed by atoms with Crippen molar-refractivity contribution in [3.8, 4) is 0 Å². The number of hydrogen-bond acceptors (Lipinski definition) is 7. The van der Waals surface area contributed by atoms with E-state index in [1.807, 2.05) is 0 Å². The van der Waals surface area contributed by atoms with Gasteiger partial charge in [0.1, 0.15) is 16.2 Å². The Labute approximate surface area is 195 Å². The monoisotopic (exact) mass is 466 g/mol. The minimum Gasteiger partial charge on any atom is -0.449 e. The maximum absolute atomic E-state index is 13.4. The van der Waals surface area contributed by atoms with E-state index in [0.29, 0.717) is 30.1 Å². The van der Waals surface area contributed by atoms with Crippen molar-refractivity contribution in [2.24, 2.45) is 0 Å². The van der Waals surface area contributed by atoms with E-state index in [9.17, 15) is 19.7 Å². The lowest BCUT2D eigenvalue weighted by molar-refractivity contribution is -0.402. The third-order valence-electron chi connectivity index (χ3n) is 6.68. The van der Waals surface area contributed by atoms with Gasteiger partial charge < -0.3 is 24.0 Å². The van der Waals surface area contributed by atoms with Gasteiger partial charge in [-0.1, -0.05) is 18.6 Å². The van der Waals surface area contributed by atoms with E-state index in [-0.39, 0.29) is 23.1 Å². The number of carbonyl (C=O) groups is 2. The van der Waals surface area contributed by atoms with Gasteiger partial charge in [0.2, 0.25) is 5.76 Å². The van der Waals surface area contributed by atoms with E-state index in [1.165, 1.54) is 25.3 Å². The van der Waals surface area contributed by atoms with Crippen LogP contribution < -0.4 is 5.32 Å². The molecule has 0 bridgehead atoms. The molecule has 2 aliphatic rings. The van der Waals surface area contributed by atoms with Crippen LogP contribution >= 0.6 is 0 Å². The molecule has 178 valence electrons. The van der Waals surface area contributed by atoms with E-state index in [4.69, 9.17) is 8.83 Å². The Hall–Kier alpha value is -3.66. The van der Waals surface area contributed by atoms with Crippen LogP contribution in [0, 0.1) is 10.1 Å². The first-order valence-electron chi connectivity index (χ1n) is 11.6. The standard InChI is InChI=1S/C24H26N4O6/c29-23(19-8-9-20(33-19)28(31)32)25-21-17-6-2-3-7-18(17)34-22(21)24(30)27-14-10-16(11-15-27)26-12-4-1-5-13-26/h2-3,6-9,16H,1,4-5,10-15H2,(H,25,29). The zero-order chi connectivity index (χ0) is 23.7. The molecular formula is C24H26N4O6. The Morgan fingerprint density at radius 2 is 1.71 bits per heavy atom. The number of para-hydroxylation sites is 1. The van der Waals surface area contributed by atoms with Crippen LogP contribution in [0.4, 0.5) is 11.6 Å². The molecule has 0 atom stereocenters. The molecule has 0 aliphatic carbocycles. The summed E-state index contributed by atoms with van der Waals surface area (Å²) in [4.78, 5) is 40.7.